The van der Waals surface area contributed by atoms with Gasteiger partial charge in [-0.25, -0.2) is 13.6 Å². The molecule has 0 spiro atoms. The van der Waals surface area contributed by atoms with Crippen molar-refractivity contribution in [2.45, 2.75) is 12.5 Å². The van der Waals surface area contributed by atoms with E-state index in [1.807, 2.05) is 0 Å². The lowest BCUT2D eigenvalue weighted by Crippen LogP contribution is -2.42. The third kappa shape index (κ3) is 4.75. The van der Waals surface area contributed by atoms with Gasteiger partial charge in [-0.15, -0.1) is 0 Å². The van der Waals surface area contributed by atoms with E-state index in [4.69, 9.17) is 0 Å². The third-order valence-corrected chi connectivity index (χ3v) is 4.49. The predicted molar refractivity (Wildman–Crippen MR) is 105 cm³/mol. The molecule has 1 atom stereocenters. The van der Waals surface area contributed by atoms with Crippen molar-refractivity contribution >= 4 is 17.7 Å². The fraction of sp³-hybridized carbons (Fsp3) is 0.0870. The number of nitrogens with one attached hydrogen (secondary N) is 1. The molecule has 0 fully saturated rings. The number of ketones is 1. The van der Waals surface area contributed by atoms with E-state index < -0.39 is 35.1 Å². The molecule has 0 heterocycles. The smallest absolute Gasteiger partial charge is 0.326 e. The van der Waals surface area contributed by atoms with E-state index in [1.165, 1.54) is 0 Å². The maximum atomic E-state index is 13.8. The highest BCUT2D eigenvalue weighted by atomic mass is 19.2. The number of carboxylic acid groups (broad SMARTS) is 1. The van der Waals surface area contributed by atoms with Crippen LogP contribution in [0.1, 0.15) is 31.8 Å². The van der Waals surface area contributed by atoms with Gasteiger partial charge in [-0.05, 0) is 17.7 Å². The number of halogens is 2. The highest BCUT2D eigenvalue weighted by Gasteiger charge is 2.24. The number of hydrogen-bond donors (Lipinski definition) is 2. The van der Waals surface area contributed by atoms with Crippen LogP contribution in [0.15, 0.2) is 72.8 Å². The van der Waals surface area contributed by atoms with Gasteiger partial charge < -0.3 is 10.4 Å². The largest absolute Gasteiger partial charge is 0.480 e. The van der Waals surface area contributed by atoms with E-state index in [1.54, 1.807) is 54.6 Å². The van der Waals surface area contributed by atoms with Crippen LogP contribution in [0.3, 0.4) is 0 Å². The summed E-state index contributed by atoms with van der Waals surface area (Å²) in [5, 5.41) is 11.6. The number of carbonyl (C=O) groups excluding carboxylic acids is 2. The number of carbonyl (C=O) groups is 3. The number of aliphatic carboxylic acids is 1. The normalized spacial score (nSPS) is 11.5. The van der Waals surface area contributed by atoms with Crippen molar-refractivity contribution in [2.75, 3.05) is 0 Å². The Hall–Kier alpha value is -3.87. The topological polar surface area (TPSA) is 83.5 Å². The Morgan fingerprint density at radius 3 is 2.10 bits per heavy atom. The SMILES string of the molecule is O=C(c1ccccc1)c1ccc(C[C@@H](NC(=O)c2cccc(F)c2F)C(=O)O)cc1. The number of carboxylic acids is 1. The molecule has 0 aliphatic rings. The van der Waals surface area contributed by atoms with Crippen LogP contribution in [0, 0.1) is 11.6 Å². The molecule has 5 nitrogen and oxygen atoms in total. The first kappa shape index (κ1) is 20.9. The molecule has 0 aromatic heterocycles. The number of rotatable bonds is 7. The van der Waals surface area contributed by atoms with Crippen LogP contribution in [0.5, 0.6) is 0 Å². The van der Waals surface area contributed by atoms with E-state index in [0.717, 1.165) is 18.2 Å². The quantitative estimate of drug-likeness (QED) is 0.584. The molecule has 2 N–H and O–H groups in total. The summed E-state index contributed by atoms with van der Waals surface area (Å²) >= 11 is 0. The molecule has 0 saturated carbocycles. The van der Waals surface area contributed by atoms with Crippen LogP contribution in [-0.4, -0.2) is 28.8 Å². The van der Waals surface area contributed by atoms with Crippen LogP contribution in [-0.2, 0) is 11.2 Å². The molecule has 7 heteroatoms. The van der Waals surface area contributed by atoms with Crippen LogP contribution in [0.2, 0.25) is 0 Å². The first-order valence-electron chi connectivity index (χ1n) is 9.03. The van der Waals surface area contributed by atoms with E-state index in [9.17, 15) is 28.3 Å². The van der Waals surface area contributed by atoms with E-state index in [2.05, 4.69) is 5.32 Å². The van der Waals surface area contributed by atoms with Crippen LogP contribution in [0.25, 0.3) is 0 Å². The van der Waals surface area contributed by atoms with Crippen molar-refractivity contribution in [3.05, 3.63) is 107 Å². The standard InChI is InChI=1S/C23H17F2NO4/c24-18-8-4-7-17(20(18)25)22(28)26-19(23(29)30)13-14-9-11-16(12-10-14)21(27)15-5-2-1-3-6-15/h1-12,19H,13H2,(H,26,28)(H,29,30)/t19-/m1/s1. The summed E-state index contributed by atoms with van der Waals surface area (Å²) < 4.78 is 27.1. The average molecular weight is 409 g/mol. The molecular weight excluding hydrogens is 392 g/mol. The lowest BCUT2D eigenvalue weighted by molar-refractivity contribution is -0.139. The van der Waals surface area contributed by atoms with Gasteiger partial charge in [-0.3, -0.25) is 9.59 Å². The van der Waals surface area contributed by atoms with E-state index in [0.29, 0.717) is 16.7 Å². The Morgan fingerprint density at radius 1 is 0.833 bits per heavy atom. The Balaban J connectivity index is 1.72. The van der Waals surface area contributed by atoms with Crippen molar-refractivity contribution in [3.63, 3.8) is 0 Å². The van der Waals surface area contributed by atoms with Crippen molar-refractivity contribution < 1.29 is 28.3 Å². The Labute approximate surface area is 171 Å². The zero-order valence-electron chi connectivity index (χ0n) is 15.6. The van der Waals surface area contributed by atoms with Gasteiger partial charge in [0.2, 0.25) is 0 Å². The monoisotopic (exact) mass is 409 g/mol. The van der Waals surface area contributed by atoms with Gasteiger partial charge in [-0.2, -0.15) is 0 Å². The van der Waals surface area contributed by atoms with E-state index >= 15 is 0 Å². The zero-order valence-corrected chi connectivity index (χ0v) is 15.6. The maximum absolute atomic E-state index is 13.8. The van der Waals surface area contributed by atoms with Crippen molar-refractivity contribution in [1.29, 1.82) is 0 Å². The summed E-state index contributed by atoms with van der Waals surface area (Å²) in [6, 6.07) is 16.7. The molecule has 3 aromatic carbocycles. The molecule has 30 heavy (non-hydrogen) atoms. The Morgan fingerprint density at radius 2 is 1.47 bits per heavy atom. The number of benzene rings is 3. The van der Waals surface area contributed by atoms with Crippen LogP contribution in [0.4, 0.5) is 8.78 Å². The highest BCUT2D eigenvalue weighted by Crippen LogP contribution is 2.14. The van der Waals surface area contributed by atoms with Crippen LogP contribution < -0.4 is 5.32 Å². The lowest BCUT2D eigenvalue weighted by Gasteiger charge is -2.15. The van der Waals surface area contributed by atoms with Crippen LogP contribution >= 0.6 is 0 Å². The molecule has 152 valence electrons. The van der Waals surface area contributed by atoms with Gasteiger partial charge in [0.25, 0.3) is 5.91 Å². The number of amides is 1. The molecule has 0 saturated heterocycles. The summed E-state index contributed by atoms with van der Waals surface area (Å²) in [4.78, 5) is 36.2. The molecule has 3 rings (SSSR count). The minimum Gasteiger partial charge on any atom is -0.480 e. The molecule has 0 bridgehead atoms. The van der Waals surface area contributed by atoms with Gasteiger partial charge in [0, 0.05) is 17.5 Å². The zero-order chi connectivity index (χ0) is 21.7. The summed E-state index contributed by atoms with van der Waals surface area (Å²) in [6.07, 6.45) is -0.0994. The summed E-state index contributed by atoms with van der Waals surface area (Å²) in [6.45, 7) is 0. The summed E-state index contributed by atoms with van der Waals surface area (Å²) in [5.41, 5.74) is 0.929. The minimum atomic E-state index is -1.36. The molecule has 3 aromatic rings. The Bertz CT molecular complexity index is 1080. The minimum absolute atomic E-state index is 0.0994. The molecular formula is C23H17F2NO4. The molecule has 0 unspecified atom stereocenters. The molecule has 1 amide bonds. The van der Waals surface area contributed by atoms with Crippen molar-refractivity contribution in [2.24, 2.45) is 0 Å². The third-order valence-electron chi connectivity index (χ3n) is 4.49. The lowest BCUT2D eigenvalue weighted by atomic mass is 9.99. The van der Waals surface area contributed by atoms with Gasteiger partial charge in [0.15, 0.2) is 17.4 Å². The fourth-order valence-electron chi connectivity index (χ4n) is 2.90. The Kier molecular flexibility index (Phi) is 6.32. The van der Waals surface area contributed by atoms with Gasteiger partial charge in [0.1, 0.15) is 6.04 Å². The molecule has 0 aliphatic carbocycles. The number of hydrogen-bond acceptors (Lipinski definition) is 3. The second-order valence-corrected chi connectivity index (χ2v) is 6.56. The molecule has 0 radical (unpaired) electrons. The first-order valence-corrected chi connectivity index (χ1v) is 9.03. The van der Waals surface area contributed by atoms with Crippen molar-refractivity contribution in [3.8, 4) is 0 Å². The van der Waals surface area contributed by atoms with Gasteiger partial charge in [0.05, 0.1) is 5.56 Å². The summed E-state index contributed by atoms with van der Waals surface area (Å²) in [7, 11) is 0. The highest BCUT2D eigenvalue weighted by molar-refractivity contribution is 6.08. The molecule has 0 aliphatic heterocycles. The maximum Gasteiger partial charge on any atom is 0.326 e. The average Bonchev–Trinajstić information content (AvgIpc) is 2.75. The van der Waals surface area contributed by atoms with Crippen molar-refractivity contribution in [1.82, 2.24) is 5.32 Å². The summed E-state index contributed by atoms with van der Waals surface area (Å²) in [5.74, 6) is -5.08. The predicted octanol–water partition coefficient (Wildman–Crippen LogP) is 3.62. The van der Waals surface area contributed by atoms with E-state index in [-0.39, 0.29) is 12.2 Å². The van der Waals surface area contributed by atoms with Gasteiger partial charge >= 0.3 is 5.97 Å². The van der Waals surface area contributed by atoms with Gasteiger partial charge in [-0.1, -0.05) is 60.7 Å². The second kappa shape index (κ2) is 9.09. The fourth-order valence-corrected chi connectivity index (χ4v) is 2.90. The second-order valence-electron chi connectivity index (χ2n) is 6.56. The first-order chi connectivity index (χ1) is 14.4.